The van der Waals surface area contributed by atoms with Gasteiger partial charge in [0.2, 0.25) is 0 Å². The third kappa shape index (κ3) is 0.778. The first-order valence-corrected chi connectivity index (χ1v) is 4.64. The maximum Gasteiger partial charge on any atom is 0.0845 e. The molecular formula is C6H9IO. The minimum atomic E-state index is 0.690. The van der Waals surface area contributed by atoms with Crippen molar-refractivity contribution in [2.24, 2.45) is 5.92 Å². The van der Waals surface area contributed by atoms with Crippen LogP contribution in [0.25, 0.3) is 0 Å². The molecule has 0 amide bonds. The molecule has 0 spiro atoms. The van der Waals surface area contributed by atoms with E-state index >= 15 is 0 Å². The molecule has 0 aromatic heterocycles. The number of hydrogen-bond donors (Lipinski definition) is 0. The van der Waals surface area contributed by atoms with Crippen LogP contribution < -0.4 is 0 Å². The van der Waals surface area contributed by atoms with Crippen molar-refractivity contribution in [3.63, 3.8) is 0 Å². The van der Waals surface area contributed by atoms with Crippen LogP contribution in [0.15, 0.2) is 0 Å². The lowest BCUT2D eigenvalue weighted by molar-refractivity contribution is 0.287. The van der Waals surface area contributed by atoms with Crippen LogP contribution in [0.4, 0.5) is 0 Å². The Morgan fingerprint density at radius 1 is 1.38 bits per heavy atom. The average Bonchev–Trinajstić information content (AvgIpc) is 2.40. The minimum absolute atomic E-state index is 0.690. The fraction of sp³-hybridized carbons (Fsp3) is 1.00. The molecule has 2 atom stereocenters. The molecule has 0 aromatic rings. The molecule has 2 fully saturated rings. The molecule has 0 bridgehead atoms. The van der Waals surface area contributed by atoms with Gasteiger partial charge in [-0.2, -0.15) is 0 Å². The van der Waals surface area contributed by atoms with Crippen LogP contribution in [0.2, 0.25) is 0 Å². The van der Waals surface area contributed by atoms with E-state index in [1.165, 1.54) is 17.3 Å². The molecule has 1 aliphatic carbocycles. The van der Waals surface area contributed by atoms with Gasteiger partial charge in [0.25, 0.3) is 0 Å². The molecule has 1 saturated carbocycles. The lowest BCUT2D eigenvalue weighted by Gasteiger charge is -2.03. The highest BCUT2D eigenvalue weighted by Crippen LogP contribution is 2.42. The van der Waals surface area contributed by atoms with Gasteiger partial charge < -0.3 is 4.74 Å². The maximum absolute atomic E-state index is 5.28. The fourth-order valence-corrected chi connectivity index (χ4v) is 2.19. The Morgan fingerprint density at radius 2 is 2.00 bits per heavy atom. The average molecular weight is 224 g/mol. The topological polar surface area (TPSA) is 12.5 Å². The highest BCUT2D eigenvalue weighted by atomic mass is 127. The van der Waals surface area contributed by atoms with E-state index in [1.54, 1.807) is 0 Å². The summed E-state index contributed by atoms with van der Waals surface area (Å²) >= 11 is 2.46. The highest BCUT2D eigenvalue weighted by Gasteiger charge is 2.47. The summed E-state index contributed by atoms with van der Waals surface area (Å²) in [5.41, 5.74) is 0. The number of epoxide rings is 1. The van der Waals surface area contributed by atoms with Gasteiger partial charge >= 0.3 is 0 Å². The Bertz CT molecular complexity index is 94.7. The normalized spacial score (nSPS) is 51.4. The van der Waals surface area contributed by atoms with Gasteiger partial charge in [0.05, 0.1) is 12.2 Å². The molecule has 1 heterocycles. The van der Waals surface area contributed by atoms with E-state index < -0.39 is 0 Å². The number of ether oxygens (including phenoxy) is 1. The zero-order chi connectivity index (χ0) is 5.56. The largest absolute Gasteiger partial charge is 0.370 e. The van der Waals surface area contributed by atoms with Gasteiger partial charge in [0.1, 0.15) is 0 Å². The third-order valence-electron chi connectivity index (χ3n) is 2.04. The Balaban J connectivity index is 1.89. The second-order valence-electron chi connectivity index (χ2n) is 2.70. The van der Waals surface area contributed by atoms with Gasteiger partial charge in [-0.25, -0.2) is 0 Å². The Kier molecular flexibility index (Phi) is 1.26. The van der Waals surface area contributed by atoms with E-state index in [9.17, 15) is 0 Å². The van der Waals surface area contributed by atoms with Crippen LogP contribution in [0, 0.1) is 5.92 Å². The summed E-state index contributed by atoms with van der Waals surface area (Å²) in [4.78, 5) is 0. The van der Waals surface area contributed by atoms with Crippen LogP contribution >= 0.6 is 22.6 Å². The zero-order valence-electron chi connectivity index (χ0n) is 4.64. The van der Waals surface area contributed by atoms with Gasteiger partial charge in [-0.15, -0.1) is 0 Å². The number of hydrogen-bond acceptors (Lipinski definition) is 1. The molecule has 8 heavy (non-hydrogen) atoms. The minimum Gasteiger partial charge on any atom is -0.370 e. The van der Waals surface area contributed by atoms with E-state index in [1.807, 2.05) is 0 Å². The van der Waals surface area contributed by atoms with Crippen molar-refractivity contribution in [1.29, 1.82) is 0 Å². The third-order valence-corrected chi connectivity index (χ3v) is 3.28. The highest BCUT2D eigenvalue weighted by molar-refractivity contribution is 14.1. The van der Waals surface area contributed by atoms with Crippen molar-refractivity contribution in [3.05, 3.63) is 0 Å². The first-order valence-electron chi connectivity index (χ1n) is 3.11. The lowest BCUT2D eigenvalue weighted by atomic mass is 10.1. The standard InChI is InChI=1S/C6H9IO/c7-3-4-1-5-6(2-4)8-5/h4-6H,1-3H2. The molecule has 1 nitrogen and oxygen atoms in total. The van der Waals surface area contributed by atoms with Crippen molar-refractivity contribution < 1.29 is 4.74 Å². The van der Waals surface area contributed by atoms with Gasteiger partial charge in [-0.05, 0) is 18.8 Å². The zero-order valence-corrected chi connectivity index (χ0v) is 6.80. The summed E-state index contributed by atoms with van der Waals surface area (Å²) in [6.45, 7) is 0. The smallest absolute Gasteiger partial charge is 0.0845 e. The van der Waals surface area contributed by atoms with E-state index in [4.69, 9.17) is 4.74 Å². The predicted molar refractivity (Wildman–Crippen MR) is 40.3 cm³/mol. The van der Waals surface area contributed by atoms with Gasteiger partial charge in [-0.1, -0.05) is 22.6 Å². The van der Waals surface area contributed by atoms with Crippen LogP contribution in [0.5, 0.6) is 0 Å². The first kappa shape index (κ1) is 5.47. The lowest BCUT2D eigenvalue weighted by Crippen LogP contribution is -1.98. The molecule has 1 aliphatic heterocycles. The molecule has 2 unspecified atom stereocenters. The van der Waals surface area contributed by atoms with E-state index in [-0.39, 0.29) is 0 Å². The summed E-state index contributed by atoms with van der Waals surface area (Å²) in [5, 5.41) is 0. The fourth-order valence-electron chi connectivity index (χ4n) is 1.47. The predicted octanol–water partition coefficient (Wildman–Crippen LogP) is 1.60. The van der Waals surface area contributed by atoms with E-state index in [0.29, 0.717) is 12.2 Å². The van der Waals surface area contributed by atoms with Crippen LogP contribution in [-0.2, 0) is 4.74 Å². The SMILES string of the molecule is ICC1CC2OC2C1. The Labute approximate surface area is 62.9 Å². The number of alkyl halides is 1. The van der Waals surface area contributed by atoms with Gasteiger partial charge in [0, 0.05) is 4.43 Å². The van der Waals surface area contributed by atoms with Crippen LogP contribution in [-0.4, -0.2) is 16.6 Å². The quantitative estimate of drug-likeness (QED) is 0.374. The van der Waals surface area contributed by atoms with Crippen molar-refractivity contribution in [2.75, 3.05) is 4.43 Å². The van der Waals surface area contributed by atoms with Crippen molar-refractivity contribution >= 4 is 22.6 Å². The molecule has 2 rings (SSSR count). The second-order valence-corrected chi connectivity index (χ2v) is 3.59. The molecule has 0 N–H and O–H groups in total. The molecule has 0 radical (unpaired) electrons. The van der Waals surface area contributed by atoms with Gasteiger partial charge in [0.15, 0.2) is 0 Å². The van der Waals surface area contributed by atoms with Gasteiger partial charge in [-0.3, -0.25) is 0 Å². The van der Waals surface area contributed by atoms with E-state index in [0.717, 1.165) is 5.92 Å². The Morgan fingerprint density at radius 3 is 2.38 bits per heavy atom. The Hall–Kier alpha value is 0.690. The second kappa shape index (κ2) is 1.84. The van der Waals surface area contributed by atoms with Crippen LogP contribution in [0.1, 0.15) is 12.8 Å². The summed E-state index contributed by atoms with van der Waals surface area (Å²) in [7, 11) is 0. The summed E-state index contributed by atoms with van der Waals surface area (Å²) in [6.07, 6.45) is 4.06. The molecule has 2 aliphatic rings. The van der Waals surface area contributed by atoms with Crippen molar-refractivity contribution in [3.8, 4) is 0 Å². The number of rotatable bonds is 1. The molecule has 2 heteroatoms. The number of fused-ring (bicyclic) bond motifs is 1. The monoisotopic (exact) mass is 224 g/mol. The number of halogens is 1. The van der Waals surface area contributed by atoms with Crippen molar-refractivity contribution in [1.82, 2.24) is 0 Å². The molecule has 1 saturated heterocycles. The summed E-state index contributed by atoms with van der Waals surface area (Å²) < 4.78 is 6.61. The summed E-state index contributed by atoms with van der Waals surface area (Å²) in [5.74, 6) is 0.986. The maximum atomic E-state index is 5.28. The van der Waals surface area contributed by atoms with Crippen molar-refractivity contribution in [2.45, 2.75) is 25.0 Å². The van der Waals surface area contributed by atoms with Crippen LogP contribution in [0.3, 0.4) is 0 Å². The summed E-state index contributed by atoms with van der Waals surface area (Å²) in [6, 6.07) is 0. The van der Waals surface area contributed by atoms with E-state index in [2.05, 4.69) is 22.6 Å². The first-order chi connectivity index (χ1) is 3.90. The molecule has 46 valence electrons. The molecule has 0 aromatic carbocycles. The molecular weight excluding hydrogens is 215 g/mol.